The van der Waals surface area contributed by atoms with Crippen molar-refractivity contribution < 1.29 is 14.7 Å². The molecular weight excluding hydrogens is 248 g/mol. The van der Waals surface area contributed by atoms with E-state index >= 15 is 0 Å². The predicted octanol–water partition coefficient (Wildman–Crippen LogP) is 0.764. The highest BCUT2D eigenvalue weighted by molar-refractivity contribution is 5.94. The first kappa shape index (κ1) is 14.9. The molecule has 0 atom stereocenters. The van der Waals surface area contributed by atoms with Crippen molar-refractivity contribution in [2.45, 2.75) is 20.3 Å². The summed E-state index contributed by atoms with van der Waals surface area (Å²) >= 11 is 0. The van der Waals surface area contributed by atoms with Gasteiger partial charge in [0.05, 0.1) is 0 Å². The van der Waals surface area contributed by atoms with Crippen LogP contribution in [0.25, 0.3) is 0 Å². The Bertz CT molecular complexity index is 476. The van der Waals surface area contributed by atoms with Crippen LogP contribution in [0.2, 0.25) is 0 Å². The van der Waals surface area contributed by atoms with Crippen LogP contribution in [0.3, 0.4) is 0 Å². The standard InChI is InChI=1S/C12H18N4O3/c1-4-5-16(7-10(17)18)11(19)9-6-8(2)14-12(13-3)15-9/h6H,4-5,7H2,1-3H3,(H,17,18)(H,13,14,15). The summed E-state index contributed by atoms with van der Waals surface area (Å²) in [6.07, 6.45) is 0.683. The van der Waals surface area contributed by atoms with E-state index in [4.69, 9.17) is 5.11 Å². The van der Waals surface area contributed by atoms with E-state index in [1.807, 2.05) is 6.92 Å². The minimum atomic E-state index is -1.04. The van der Waals surface area contributed by atoms with E-state index in [9.17, 15) is 9.59 Å². The first-order chi connectivity index (χ1) is 8.97. The Balaban J connectivity index is 3.01. The normalized spacial score (nSPS) is 10.1. The van der Waals surface area contributed by atoms with Crippen LogP contribution < -0.4 is 5.32 Å². The molecule has 7 nitrogen and oxygen atoms in total. The fourth-order valence-electron chi connectivity index (χ4n) is 1.64. The molecule has 0 unspecified atom stereocenters. The number of aliphatic carboxylic acids is 1. The molecule has 0 spiro atoms. The Morgan fingerprint density at radius 3 is 2.63 bits per heavy atom. The summed E-state index contributed by atoms with van der Waals surface area (Å²) in [4.78, 5) is 32.4. The number of carboxylic acids is 1. The first-order valence-electron chi connectivity index (χ1n) is 6.02. The lowest BCUT2D eigenvalue weighted by atomic mass is 10.3. The topological polar surface area (TPSA) is 95.4 Å². The van der Waals surface area contributed by atoms with Crippen molar-refractivity contribution in [2.24, 2.45) is 0 Å². The molecule has 0 aliphatic heterocycles. The van der Waals surface area contributed by atoms with E-state index in [0.717, 1.165) is 0 Å². The lowest BCUT2D eigenvalue weighted by Gasteiger charge is -2.19. The second kappa shape index (κ2) is 6.67. The summed E-state index contributed by atoms with van der Waals surface area (Å²) in [7, 11) is 1.66. The summed E-state index contributed by atoms with van der Waals surface area (Å²) in [5.74, 6) is -1.09. The number of carboxylic acid groups (broad SMARTS) is 1. The summed E-state index contributed by atoms with van der Waals surface area (Å²) < 4.78 is 0. The van der Waals surface area contributed by atoms with Gasteiger partial charge in [-0.05, 0) is 19.4 Å². The van der Waals surface area contributed by atoms with Crippen LogP contribution in [0.5, 0.6) is 0 Å². The molecule has 0 aliphatic rings. The van der Waals surface area contributed by atoms with Crippen LogP contribution in [0, 0.1) is 6.92 Å². The van der Waals surface area contributed by atoms with Crippen molar-refractivity contribution >= 4 is 17.8 Å². The monoisotopic (exact) mass is 266 g/mol. The van der Waals surface area contributed by atoms with E-state index < -0.39 is 11.9 Å². The molecule has 7 heteroatoms. The second-order valence-electron chi connectivity index (χ2n) is 4.09. The van der Waals surface area contributed by atoms with Crippen LogP contribution in [-0.2, 0) is 4.79 Å². The number of anilines is 1. The number of nitrogens with zero attached hydrogens (tertiary/aromatic N) is 3. The molecule has 0 saturated carbocycles. The minimum absolute atomic E-state index is 0.201. The number of carbonyl (C=O) groups is 2. The SMILES string of the molecule is CCCN(CC(=O)O)C(=O)c1cc(C)nc(NC)n1. The zero-order valence-electron chi connectivity index (χ0n) is 11.3. The molecule has 0 saturated heterocycles. The molecule has 0 fully saturated rings. The number of hydrogen-bond donors (Lipinski definition) is 2. The lowest BCUT2D eigenvalue weighted by molar-refractivity contribution is -0.137. The predicted molar refractivity (Wildman–Crippen MR) is 70.1 cm³/mol. The maximum Gasteiger partial charge on any atom is 0.323 e. The maximum atomic E-state index is 12.2. The third kappa shape index (κ3) is 4.20. The van der Waals surface area contributed by atoms with Crippen molar-refractivity contribution in [3.8, 4) is 0 Å². The highest BCUT2D eigenvalue weighted by atomic mass is 16.4. The summed E-state index contributed by atoms with van der Waals surface area (Å²) in [6, 6.07) is 1.55. The van der Waals surface area contributed by atoms with Gasteiger partial charge < -0.3 is 15.3 Å². The average molecular weight is 266 g/mol. The van der Waals surface area contributed by atoms with Gasteiger partial charge in [0.15, 0.2) is 0 Å². The van der Waals surface area contributed by atoms with Crippen LogP contribution >= 0.6 is 0 Å². The largest absolute Gasteiger partial charge is 0.480 e. The average Bonchev–Trinajstić information content (AvgIpc) is 2.36. The van der Waals surface area contributed by atoms with E-state index in [-0.39, 0.29) is 12.2 Å². The molecule has 1 heterocycles. The number of hydrogen-bond acceptors (Lipinski definition) is 5. The lowest BCUT2D eigenvalue weighted by Crippen LogP contribution is -2.36. The van der Waals surface area contributed by atoms with Gasteiger partial charge in [-0.3, -0.25) is 9.59 Å². The third-order valence-electron chi connectivity index (χ3n) is 2.40. The van der Waals surface area contributed by atoms with Crippen molar-refractivity contribution in [1.82, 2.24) is 14.9 Å². The molecule has 0 bridgehead atoms. The van der Waals surface area contributed by atoms with Gasteiger partial charge in [-0.1, -0.05) is 6.92 Å². The Morgan fingerprint density at radius 2 is 2.11 bits per heavy atom. The van der Waals surface area contributed by atoms with Gasteiger partial charge in [0, 0.05) is 19.3 Å². The molecule has 0 radical (unpaired) electrons. The van der Waals surface area contributed by atoms with Gasteiger partial charge in [0.2, 0.25) is 5.95 Å². The molecule has 1 aromatic heterocycles. The van der Waals surface area contributed by atoms with Crippen LogP contribution in [-0.4, -0.2) is 52.0 Å². The summed E-state index contributed by atoms with van der Waals surface area (Å²) in [5.41, 5.74) is 0.848. The molecule has 1 aromatic rings. The van der Waals surface area contributed by atoms with Crippen molar-refractivity contribution in [3.63, 3.8) is 0 Å². The van der Waals surface area contributed by atoms with Crippen molar-refractivity contribution in [1.29, 1.82) is 0 Å². The van der Waals surface area contributed by atoms with Gasteiger partial charge in [-0.25, -0.2) is 9.97 Å². The van der Waals surface area contributed by atoms with Gasteiger partial charge in [0.25, 0.3) is 5.91 Å². The quantitative estimate of drug-likeness (QED) is 0.789. The maximum absolute atomic E-state index is 12.2. The van der Waals surface area contributed by atoms with E-state index in [1.54, 1.807) is 20.0 Å². The molecule has 2 N–H and O–H groups in total. The van der Waals surface area contributed by atoms with E-state index in [2.05, 4.69) is 15.3 Å². The Morgan fingerprint density at radius 1 is 1.42 bits per heavy atom. The zero-order valence-corrected chi connectivity index (χ0v) is 11.3. The molecule has 0 aromatic carbocycles. The van der Waals surface area contributed by atoms with E-state index in [0.29, 0.717) is 24.6 Å². The highest BCUT2D eigenvalue weighted by Gasteiger charge is 2.20. The number of aryl methyl sites for hydroxylation is 1. The molecule has 0 aliphatic carbocycles. The summed E-state index contributed by atoms with van der Waals surface area (Å²) in [6.45, 7) is 3.68. The van der Waals surface area contributed by atoms with Crippen LogP contribution in [0.1, 0.15) is 29.5 Å². The Hall–Kier alpha value is -2.18. The number of amides is 1. The first-order valence-corrected chi connectivity index (χ1v) is 6.02. The highest BCUT2D eigenvalue weighted by Crippen LogP contribution is 2.08. The summed E-state index contributed by atoms with van der Waals surface area (Å²) in [5, 5.41) is 11.6. The smallest absolute Gasteiger partial charge is 0.323 e. The van der Waals surface area contributed by atoms with Gasteiger partial charge in [-0.2, -0.15) is 0 Å². The number of carbonyl (C=O) groups excluding carboxylic acids is 1. The molecule has 1 amide bonds. The van der Waals surface area contributed by atoms with Crippen LogP contribution in [0.4, 0.5) is 5.95 Å². The van der Waals surface area contributed by atoms with Crippen molar-refractivity contribution in [2.75, 3.05) is 25.5 Å². The third-order valence-corrected chi connectivity index (χ3v) is 2.40. The molecule has 104 valence electrons. The number of aromatic nitrogens is 2. The fraction of sp³-hybridized carbons (Fsp3) is 0.500. The fourth-order valence-corrected chi connectivity index (χ4v) is 1.64. The Kier molecular flexibility index (Phi) is 5.23. The number of nitrogens with one attached hydrogen (secondary N) is 1. The Labute approximate surface area is 111 Å². The molecular formula is C12H18N4O3. The molecule has 1 rings (SSSR count). The minimum Gasteiger partial charge on any atom is -0.480 e. The van der Waals surface area contributed by atoms with Gasteiger partial charge in [-0.15, -0.1) is 0 Å². The van der Waals surface area contributed by atoms with Crippen molar-refractivity contribution in [3.05, 3.63) is 17.5 Å². The van der Waals surface area contributed by atoms with Gasteiger partial charge in [0.1, 0.15) is 12.2 Å². The van der Waals surface area contributed by atoms with Gasteiger partial charge >= 0.3 is 5.97 Å². The number of rotatable bonds is 6. The van der Waals surface area contributed by atoms with Crippen LogP contribution in [0.15, 0.2) is 6.07 Å². The zero-order chi connectivity index (χ0) is 14.4. The van der Waals surface area contributed by atoms with E-state index in [1.165, 1.54) is 4.90 Å². The second-order valence-corrected chi connectivity index (χ2v) is 4.09. The molecule has 19 heavy (non-hydrogen) atoms.